The molecule has 1 atom stereocenters. The van der Waals surface area contributed by atoms with E-state index < -0.39 is 35.5 Å². The van der Waals surface area contributed by atoms with Gasteiger partial charge in [0.05, 0.1) is 0 Å². The van der Waals surface area contributed by atoms with Gasteiger partial charge in [0, 0.05) is 12.2 Å². The van der Waals surface area contributed by atoms with Crippen molar-refractivity contribution in [2.75, 3.05) is 5.75 Å². The third-order valence-electron chi connectivity index (χ3n) is 2.11. The number of aliphatic carboxylic acids is 1. The Morgan fingerprint density at radius 1 is 1.22 bits per heavy atom. The van der Waals surface area contributed by atoms with Crippen LogP contribution in [0.2, 0.25) is 0 Å². The lowest BCUT2D eigenvalue weighted by atomic mass is 10.1. The van der Waals surface area contributed by atoms with Gasteiger partial charge in [-0.3, -0.25) is 4.79 Å². The monoisotopic (exact) mass is 294 g/mol. The molecule has 0 aliphatic rings. The standard InChI is InChI=1S/C10H15F5O2S/c1-6(2)5-7(8(16)17)18-4-3-9(11,12)10(13,14)15/h6-7H,3-5H2,1-2H3,(H,16,17). The summed E-state index contributed by atoms with van der Waals surface area (Å²) in [6, 6.07) is 0. The molecule has 0 saturated carbocycles. The minimum absolute atomic E-state index is 0.0294. The summed E-state index contributed by atoms with van der Waals surface area (Å²) < 4.78 is 60.7. The van der Waals surface area contributed by atoms with E-state index in [9.17, 15) is 26.7 Å². The van der Waals surface area contributed by atoms with E-state index in [-0.39, 0.29) is 12.3 Å². The third kappa shape index (κ3) is 5.88. The van der Waals surface area contributed by atoms with Crippen molar-refractivity contribution in [2.24, 2.45) is 5.92 Å². The summed E-state index contributed by atoms with van der Waals surface area (Å²) in [5, 5.41) is 7.83. The van der Waals surface area contributed by atoms with Crippen molar-refractivity contribution >= 4 is 17.7 Å². The van der Waals surface area contributed by atoms with Gasteiger partial charge >= 0.3 is 18.1 Å². The predicted octanol–water partition coefficient (Wildman–Crippen LogP) is 3.81. The molecule has 0 amide bonds. The summed E-state index contributed by atoms with van der Waals surface area (Å²) in [7, 11) is 0. The number of hydrogen-bond donors (Lipinski definition) is 1. The molecule has 0 rings (SSSR count). The van der Waals surface area contributed by atoms with Crippen molar-refractivity contribution in [1.29, 1.82) is 0 Å². The normalized spacial score (nSPS) is 14.9. The first-order chi connectivity index (χ1) is 7.97. The molecule has 0 aromatic carbocycles. The lowest BCUT2D eigenvalue weighted by Crippen LogP contribution is -2.37. The Bertz CT molecular complexity index is 278. The first kappa shape index (κ1) is 17.5. The number of carboxylic acids is 1. The average Bonchev–Trinajstić information content (AvgIpc) is 2.13. The van der Waals surface area contributed by atoms with Crippen LogP contribution in [0.25, 0.3) is 0 Å². The maximum absolute atomic E-state index is 12.6. The minimum atomic E-state index is -5.58. The Labute approximate surface area is 106 Å². The second-order valence-corrected chi connectivity index (χ2v) is 5.59. The molecule has 0 bridgehead atoms. The molecule has 0 spiro atoms. The zero-order valence-corrected chi connectivity index (χ0v) is 10.7. The molecule has 0 heterocycles. The summed E-state index contributed by atoms with van der Waals surface area (Å²) in [5.74, 6) is -6.47. The van der Waals surface area contributed by atoms with Crippen molar-refractivity contribution in [3.63, 3.8) is 0 Å². The number of rotatable bonds is 7. The van der Waals surface area contributed by atoms with Crippen molar-refractivity contribution in [3.05, 3.63) is 0 Å². The third-order valence-corrected chi connectivity index (χ3v) is 3.35. The Hall–Kier alpha value is -0.530. The highest BCUT2D eigenvalue weighted by molar-refractivity contribution is 8.00. The lowest BCUT2D eigenvalue weighted by Gasteiger charge is -2.20. The highest BCUT2D eigenvalue weighted by Crippen LogP contribution is 2.39. The molecular weight excluding hydrogens is 279 g/mol. The second kappa shape index (κ2) is 6.58. The average molecular weight is 294 g/mol. The molecule has 0 fully saturated rings. The number of hydrogen-bond acceptors (Lipinski definition) is 2. The van der Waals surface area contributed by atoms with Gasteiger partial charge in [-0.25, -0.2) is 0 Å². The first-order valence-electron chi connectivity index (χ1n) is 5.26. The van der Waals surface area contributed by atoms with E-state index in [1.54, 1.807) is 13.8 Å². The maximum Gasteiger partial charge on any atom is 0.453 e. The molecule has 8 heteroatoms. The van der Waals surface area contributed by atoms with Crippen LogP contribution in [0.15, 0.2) is 0 Å². The molecule has 0 aliphatic heterocycles. The second-order valence-electron chi connectivity index (χ2n) is 4.28. The fraction of sp³-hybridized carbons (Fsp3) is 0.900. The van der Waals surface area contributed by atoms with Crippen LogP contribution in [-0.4, -0.2) is 34.2 Å². The smallest absolute Gasteiger partial charge is 0.453 e. The van der Waals surface area contributed by atoms with Crippen LogP contribution >= 0.6 is 11.8 Å². The number of halogens is 5. The van der Waals surface area contributed by atoms with Crippen LogP contribution in [0.5, 0.6) is 0 Å². The van der Waals surface area contributed by atoms with Gasteiger partial charge in [-0.05, 0) is 12.3 Å². The van der Waals surface area contributed by atoms with Gasteiger partial charge < -0.3 is 5.11 Å². The van der Waals surface area contributed by atoms with Gasteiger partial charge in [-0.2, -0.15) is 22.0 Å². The predicted molar refractivity (Wildman–Crippen MR) is 59.0 cm³/mol. The number of alkyl halides is 5. The van der Waals surface area contributed by atoms with Crippen LogP contribution in [0.1, 0.15) is 26.7 Å². The van der Waals surface area contributed by atoms with E-state index in [0.29, 0.717) is 11.8 Å². The Kier molecular flexibility index (Phi) is 6.39. The van der Waals surface area contributed by atoms with Crippen LogP contribution in [0.3, 0.4) is 0 Å². The van der Waals surface area contributed by atoms with Crippen LogP contribution < -0.4 is 0 Å². The van der Waals surface area contributed by atoms with Crippen molar-refractivity contribution in [1.82, 2.24) is 0 Å². The summed E-state index contributed by atoms with van der Waals surface area (Å²) in [4.78, 5) is 10.8. The van der Waals surface area contributed by atoms with Gasteiger partial charge in [0.1, 0.15) is 5.25 Å². The Balaban J connectivity index is 4.27. The SMILES string of the molecule is CC(C)CC(SCCC(F)(F)C(F)(F)F)C(=O)O. The van der Waals surface area contributed by atoms with Crippen molar-refractivity contribution in [3.8, 4) is 0 Å². The lowest BCUT2D eigenvalue weighted by molar-refractivity contribution is -0.282. The van der Waals surface area contributed by atoms with E-state index >= 15 is 0 Å². The summed E-state index contributed by atoms with van der Waals surface area (Å²) in [6.07, 6.45) is -6.75. The van der Waals surface area contributed by atoms with Crippen LogP contribution in [-0.2, 0) is 4.79 Å². The highest BCUT2D eigenvalue weighted by atomic mass is 32.2. The number of carbonyl (C=O) groups is 1. The molecule has 1 N–H and O–H groups in total. The summed E-state index contributed by atoms with van der Waals surface area (Å²) in [6.45, 7) is 3.50. The zero-order chi connectivity index (χ0) is 14.6. The van der Waals surface area contributed by atoms with Gasteiger partial charge in [-0.1, -0.05) is 13.8 Å². The van der Waals surface area contributed by atoms with Gasteiger partial charge in [0.2, 0.25) is 0 Å². The fourth-order valence-corrected chi connectivity index (χ4v) is 2.46. The first-order valence-corrected chi connectivity index (χ1v) is 6.31. The molecule has 0 aliphatic carbocycles. The topological polar surface area (TPSA) is 37.3 Å². The van der Waals surface area contributed by atoms with Gasteiger partial charge in [0.25, 0.3) is 0 Å². The summed E-state index contributed by atoms with van der Waals surface area (Å²) >= 11 is 0.621. The van der Waals surface area contributed by atoms with Crippen molar-refractivity contribution < 1.29 is 31.9 Å². The van der Waals surface area contributed by atoms with Gasteiger partial charge in [-0.15, -0.1) is 11.8 Å². The number of carboxylic acid groups (broad SMARTS) is 1. The van der Waals surface area contributed by atoms with E-state index in [1.807, 2.05) is 0 Å². The largest absolute Gasteiger partial charge is 0.480 e. The highest BCUT2D eigenvalue weighted by Gasteiger charge is 2.56. The van der Waals surface area contributed by atoms with Crippen molar-refractivity contribution in [2.45, 2.75) is 44.0 Å². The zero-order valence-electron chi connectivity index (χ0n) is 9.93. The number of thioether (sulfide) groups is 1. The molecule has 1 unspecified atom stereocenters. The van der Waals surface area contributed by atoms with Crippen LogP contribution in [0.4, 0.5) is 22.0 Å². The van der Waals surface area contributed by atoms with E-state index in [4.69, 9.17) is 5.11 Å². The van der Waals surface area contributed by atoms with E-state index in [0.717, 1.165) is 0 Å². The quantitative estimate of drug-likeness (QED) is 0.726. The molecule has 2 nitrogen and oxygen atoms in total. The molecule has 0 aromatic heterocycles. The Morgan fingerprint density at radius 2 is 1.72 bits per heavy atom. The molecule has 108 valence electrons. The molecule has 0 aromatic rings. The Morgan fingerprint density at radius 3 is 2.06 bits per heavy atom. The minimum Gasteiger partial charge on any atom is -0.480 e. The molecule has 0 radical (unpaired) electrons. The summed E-state index contributed by atoms with van der Waals surface area (Å²) in [5.41, 5.74) is 0. The molecule has 0 saturated heterocycles. The van der Waals surface area contributed by atoms with E-state index in [2.05, 4.69) is 0 Å². The molecular formula is C10H15F5O2S. The maximum atomic E-state index is 12.6. The van der Waals surface area contributed by atoms with Crippen LogP contribution in [0, 0.1) is 5.92 Å². The molecule has 18 heavy (non-hydrogen) atoms. The van der Waals surface area contributed by atoms with Gasteiger partial charge in [0.15, 0.2) is 0 Å². The fourth-order valence-electron chi connectivity index (χ4n) is 1.14. The van der Waals surface area contributed by atoms with E-state index in [1.165, 1.54) is 0 Å².